The van der Waals surface area contributed by atoms with Gasteiger partial charge < -0.3 is 24.6 Å². The van der Waals surface area contributed by atoms with Crippen molar-refractivity contribution in [3.05, 3.63) is 40.3 Å². The van der Waals surface area contributed by atoms with Crippen molar-refractivity contribution in [2.75, 3.05) is 0 Å². The summed E-state index contributed by atoms with van der Waals surface area (Å²) >= 11 is 0. The second kappa shape index (κ2) is 4.19. The third kappa shape index (κ3) is 1.75. The average molecular weight is 291 g/mol. The lowest BCUT2D eigenvalue weighted by Crippen LogP contribution is -2.17. The SMILES string of the molecule is NC1=CC2=Cc3nc4c(nc3OC2=C(O)C1)OPOC4. The number of fused-ring (bicyclic) bond motifs is 3. The molecule has 0 saturated heterocycles. The van der Waals surface area contributed by atoms with Gasteiger partial charge in [-0.1, -0.05) is 0 Å². The van der Waals surface area contributed by atoms with E-state index in [1.54, 1.807) is 12.2 Å². The summed E-state index contributed by atoms with van der Waals surface area (Å²) in [6, 6.07) is 0. The molecule has 1 aromatic rings. The van der Waals surface area contributed by atoms with Crippen molar-refractivity contribution in [1.29, 1.82) is 0 Å². The predicted molar refractivity (Wildman–Crippen MR) is 70.9 cm³/mol. The van der Waals surface area contributed by atoms with Crippen molar-refractivity contribution in [1.82, 2.24) is 9.97 Å². The molecule has 3 N–H and O–H groups in total. The number of rotatable bonds is 0. The molecule has 0 aromatic carbocycles. The van der Waals surface area contributed by atoms with E-state index in [-0.39, 0.29) is 21.2 Å². The second-order valence-electron chi connectivity index (χ2n) is 4.51. The predicted octanol–water partition coefficient (Wildman–Crippen LogP) is 1.69. The van der Waals surface area contributed by atoms with Gasteiger partial charge >= 0.3 is 0 Å². The minimum atomic E-state index is -0.0869. The largest absolute Gasteiger partial charge is 0.508 e. The summed E-state index contributed by atoms with van der Waals surface area (Å²) in [5.74, 6) is 1.19. The third-order valence-electron chi connectivity index (χ3n) is 3.06. The quantitative estimate of drug-likeness (QED) is 0.701. The molecule has 102 valence electrons. The molecule has 20 heavy (non-hydrogen) atoms. The molecule has 3 heterocycles. The van der Waals surface area contributed by atoms with Crippen LogP contribution < -0.4 is 15.0 Å². The van der Waals surface area contributed by atoms with Crippen LogP contribution in [0.2, 0.25) is 0 Å². The van der Waals surface area contributed by atoms with E-state index >= 15 is 0 Å². The molecule has 0 saturated carbocycles. The fourth-order valence-electron chi connectivity index (χ4n) is 2.19. The highest BCUT2D eigenvalue weighted by Crippen LogP contribution is 2.39. The summed E-state index contributed by atoms with van der Waals surface area (Å²) in [5, 5.41) is 9.93. The highest BCUT2D eigenvalue weighted by molar-refractivity contribution is 7.26. The van der Waals surface area contributed by atoms with Gasteiger partial charge in [0.25, 0.3) is 0 Å². The van der Waals surface area contributed by atoms with Gasteiger partial charge in [0.2, 0.25) is 20.8 Å². The Kier molecular flexibility index (Phi) is 2.45. The molecular formula is C12H10N3O4P. The molecule has 0 spiro atoms. The average Bonchev–Trinajstić information content (AvgIpc) is 2.43. The number of hydrogen-bond donors (Lipinski definition) is 2. The fraction of sp³-hybridized carbons (Fsp3) is 0.167. The standard InChI is InChI=1S/C12H10N3O4P/c13-6-1-5-2-7-11(18-10(5)9(16)3-6)15-12-8(14-7)4-17-20-19-12/h1-2,16,20H,3-4,13H2. The van der Waals surface area contributed by atoms with Gasteiger partial charge in [0.15, 0.2) is 5.76 Å². The smallest absolute Gasteiger partial charge is 0.249 e. The van der Waals surface area contributed by atoms with E-state index < -0.39 is 0 Å². The summed E-state index contributed by atoms with van der Waals surface area (Å²) in [4.78, 5) is 8.69. The molecule has 0 bridgehead atoms. The van der Waals surface area contributed by atoms with Crippen LogP contribution in [0.3, 0.4) is 0 Å². The van der Waals surface area contributed by atoms with Gasteiger partial charge in [-0.25, -0.2) is 4.98 Å². The first-order valence-corrected chi connectivity index (χ1v) is 6.75. The Labute approximate surface area is 115 Å². The number of aliphatic hydroxyl groups excluding tert-OH is 1. The van der Waals surface area contributed by atoms with Crippen molar-refractivity contribution in [2.24, 2.45) is 5.73 Å². The lowest BCUT2D eigenvalue weighted by molar-refractivity contribution is 0.276. The molecule has 0 amide bonds. The summed E-state index contributed by atoms with van der Waals surface area (Å²) in [7, 11) is -0.0869. The third-order valence-corrected chi connectivity index (χ3v) is 3.60. The van der Waals surface area contributed by atoms with Gasteiger partial charge in [-0.3, -0.25) is 0 Å². The van der Waals surface area contributed by atoms with Crippen LogP contribution in [0, 0.1) is 0 Å². The van der Waals surface area contributed by atoms with E-state index in [0.717, 1.165) is 0 Å². The Bertz CT molecular complexity index is 711. The van der Waals surface area contributed by atoms with Gasteiger partial charge in [-0.15, -0.1) is 0 Å². The van der Waals surface area contributed by atoms with Crippen molar-refractivity contribution in [2.45, 2.75) is 13.0 Å². The number of allylic oxidation sites excluding steroid dienone is 1. The zero-order valence-corrected chi connectivity index (χ0v) is 11.2. The number of hydrogen-bond acceptors (Lipinski definition) is 7. The number of aromatic nitrogens is 2. The van der Waals surface area contributed by atoms with Gasteiger partial charge in [0, 0.05) is 17.7 Å². The molecule has 8 heteroatoms. The highest BCUT2D eigenvalue weighted by atomic mass is 31.1. The Hall–Kier alpha value is -2.11. The summed E-state index contributed by atoms with van der Waals surface area (Å²) in [6.07, 6.45) is 3.81. The maximum absolute atomic E-state index is 9.93. The second-order valence-corrected chi connectivity index (χ2v) is 5.17. The lowest BCUT2D eigenvalue weighted by atomic mass is 10.0. The first-order chi connectivity index (χ1) is 9.70. The maximum Gasteiger partial charge on any atom is 0.249 e. The number of ether oxygens (including phenoxy) is 1. The van der Waals surface area contributed by atoms with Crippen molar-refractivity contribution < 1.29 is 18.9 Å². The molecule has 0 fully saturated rings. The van der Waals surface area contributed by atoms with E-state index in [9.17, 15) is 5.11 Å². The van der Waals surface area contributed by atoms with Crippen LogP contribution in [-0.4, -0.2) is 15.1 Å². The van der Waals surface area contributed by atoms with Crippen LogP contribution in [0.25, 0.3) is 6.08 Å². The van der Waals surface area contributed by atoms with Crippen molar-refractivity contribution in [3.8, 4) is 11.8 Å². The van der Waals surface area contributed by atoms with E-state index in [1.807, 2.05) is 0 Å². The van der Waals surface area contributed by atoms with Crippen molar-refractivity contribution in [3.63, 3.8) is 0 Å². The van der Waals surface area contributed by atoms with Gasteiger partial charge in [0.1, 0.15) is 23.8 Å². The molecule has 1 atom stereocenters. The molecular weight excluding hydrogens is 281 g/mol. The molecule has 1 aliphatic carbocycles. The summed E-state index contributed by atoms with van der Waals surface area (Å²) in [6.45, 7) is 0.364. The zero-order chi connectivity index (χ0) is 13.7. The molecule has 0 radical (unpaired) electrons. The molecule has 3 aliphatic rings. The molecule has 2 aliphatic heterocycles. The van der Waals surface area contributed by atoms with Crippen LogP contribution >= 0.6 is 9.03 Å². The van der Waals surface area contributed by atoms with Crippen LogP contribution in [0.5, 0.6) is 11.8 Å². The Morgan fingerprint density at radius 2 is 2.15 bits per heavy atom. The maximum atomic E-state index is 9.93. The fourth-order valence-corrected chi connectivity index (χ4v) is 2.69. The zero-order valence-electron chi connectivity index (χ0n) is 10.2. The topological polar surface area (TPSA) is 99.7 Å². The monoisotopic (exact) mass is 291 g/mol. The highest BCUT2D eigenvalue weighted by Gasteiger charge is 2.28. The number of nitrogens with two attached hydrogens (primary N) is 1. The van der Waals surface area contributed by atoms with Crippen LogP contribution in [0.15, 0.2) is 28.9 Å². The number of aliphatic hydroxyl groups is 1. The Balaban J connectivity index is 1.86. The van der Waals surface area contributed by atoms with E-state index in [4.69, 9.17) is 19.5 Å². The first-order valence-electron chi connectivity index (χ1n) is 5.93. The molecule has 1 aromatic heterocycles. The van der Waals surface area contributed by atoms with Gasteiger partial charge in [-0.2, -0.15) is 4.98 Å². The molecule has 7 nitrogen and oxygen atoms in total. The van der Waals surface area contributed by atoms with Crippen LogP contribution in [-0.2, 0) is 11.1 Å². The van der Waals surface area contributed by atoms with E-state index in [2.05, 4.69) is 9.97 Å². The molecule has 4 rings (SSSR count). The minimum Gasteiger partial charge on any atom is -0.508 e. The van der Waals surface area contributed by atoms with Gasteiger partial charge in [-0.05, 0) is 12.2 Å². The van der Waals surface area contributed by atoms with Crippen molar-refractivity contribution >= 4 is 15.1 Å². The Morgan fingerprint density at radius 1 is 1.25 bits per heavy atom. The van der Waals surface area contributed by atoms with E-state index in [0.29, 0.717) is 46.8 Å². The number of nitrogens with zero attached hydrogens (tertiary/aromatic N) is 2. The van der Waals surface area contributed by atoms with Gasteiger partial charge in [0.05, 0.1) is 0 Å². The van der Waals surface area contributed by atoms with E-state index in [1.165, 1.54) is 0 Å². The summed E-state index contributed by atoms with van der Waals surface area (Å²) in [5.41, 5.74) is 8.22. The van der Waals surface area contributed by atoms with Crippen LogP contribution in [0.4, 0.5) is 0 Å². The molecule has 1 unspecified atom stereocenters. The normalized spacial score (nSPS) is 21.0. The minimum absolute atomic E-state index is 0.0869. The van der Waals surface area contributed by atoms with Crippen LogP contribution in [0.1, 0.15) is 17.8 Å². The first kappa shape index (κ1) is 11.7. The lowest BCUT2D eigenvalue weighted by Gasteiger charge is -2.24. The summed E-state index contributed by atoms with van der Waals surface area (Å²) < 4.78 is 16.1. The Morgan fingerprint density at radius 3 is 3.05 bits per heavy atom.